The van der Waals surface area contributed by atoms with Gasteiger partial charge in [0.2, 0.25) is 11.8 Å². The molecule has 7 nitrogen and oxygen atoms in total. The molecule has 0 aliphatic carbocycles. The van der Waals surface area contributed by atoms with Gasteiger partial charge in [-0.25, -0.2) is 9.97 Å². The number of hydrogen-bond donors (Lipinski definition) is 2. The van der Waals surface area contributed by atoms with Gasteiger partial charge in [0, 0.05) is 23.9 Å². The SMILES string of the molecule is CC(COc1ncc(C(F)(F)F)cc1Cl)NC(=O)c1ccnc(NC(=O)C(C)C)c1. The smallest absolute Gasteiger partial charge is 0.417 e. The molecule has 1 unspecified atom stereocenters. The third kappa shape index (κ3) is 6.58. The van der Waals surface area contributed by atoms with Crippen LogP contribution in [0, 0.1) is 5.92 Å². The summed E-state index contributed by atoms with van der Waals surface area (Å²) in [7, 11) is 0. The van der Waals surface area contributed by atoms with Crippen LogP contribution < -0.4 is 15.4 Å². The molecule has 2 rings (SSSR count). The van der Waals surface area contributed by atoms with Crippen molar-refractivity contribution in [1.29, 1.82) is 0 Å². The summed E-state index contributed by atoms with van der Waals surface area (Å²) in [4.78, 5) is 31.7. The number of pyridine rings is 2. The number of rotatable bonds is 7. The minimum absolute atomic E-state index is 0.0775. The molecule has 0 saturated carbocycles. The molecule has 2 N–H and O–H groups in total. The van der Waals surface area contributed by atoms with E-state index in [0.29, 0.717) is 6.20 Å². The summed E-state index contributed by atoms with van der Waals surface area (Å²) < 4.78 is 43.2. The van der Waals surface area contributed by atoms with Gasteiger partial charge in [-0.05, 0) is 25.1 Å². The second-order valence-corrected chi connectivity index (χ2v) is 7.18. The van der Waals surface area contributed by atoms with Crippen LogP contribution in [0.15, 0.2) is 30.6 Å². The van der Waals surface area contributed by atoms with Crippen molar-refractivity contribution in [2.24, 2.45) is 5.92 Å². The molecule has 0 spiro atoms. The Morgan fingerprint density at radius 2 is 1.90 bits per heavy atom. The van der Waals surface area contributed by atoms with E-state index in [1.807, 2.05) is 0 Å². The maximum atomic E-state index is 12.6. The van der Waals surface area contributed by atoms with Crippen molar-refractivity contribution in [3.05, 3.63) is 46.7 Å². The van der Waals surface area contributed by atoms with Gasteiger partial charge >= 0.3 is 6.18 Å². The van der Waals surface area contributed by atoms with Crippen LogP contribution >= 0.6 is 11.6 Å². The molecule has 0 fully saturated rings. The highest BCUT2D eigenvalue weighted by molar-refractivity contribution is 6.31. The van der Waals surface area contributed by atoms with Crippen molar-refractivity contribution in [2.75, 3.05) is 11.9 Å². The molecule has 2 amide bonds. The van der Waals surface area contributed by atoms with Gasteiger partial charge in [-0.2, -0.15) is 13.2 Å². The fraction of sp³-hybridized carbons (Fsp3) is 0.368. The molecule has 2 aromatic heterocycles. The summed E-state index contributed by atoms with van der Waals surface area (Å²) >= 11 is 5.79. The second kappa shape index (κ2) is 9.75. The van der Waals surface area contributed by atoms with E-state index in [0.717, 1.165) is 6.07 Å². The van der Waals surface area contributed by atoms with Crippen LogP contribution in [0.4, 0.5) is 19.0 Å². The standard InChI is InChI=1S/C19H20ClF3N4O3/c1-10(2)16(28)27-15-6-12(4-5-24-15)17(29)26-11(3)9-30-18-14(20)7-13(8-25-18)19(21,22)23/h4-8,10-11H,9H2,1-3H3,(H,26,29)(H,24,27,28). The van der Waals surface area contributed by atoms with Crippen LogP contribution in [0.25, 0.3) is 0 Å². The van der Waals surface area contributed by atoms with Crippen LogP contribution in [-0.4, -0.2) is 34.4 Å². The minimum atomic E-state index is -4.56. The molecular formula is C19H20ClF3N4O3. The normalized spacial score (nSPS) is 12.4. The van der Waals surface area contributed by atoms with E-state index in [4.69, 9.17) is 16.3 Å². The predicted octanol–water partition coefficient (Wildman–Crippen LogP) is 3.94. The molecular weight excluding hydrogens is 425 g/mol. The average molecular weight is 445 g/mol. The molecule has 30 heavy (non-hydrogen) atoms. The van der Waals surface area contributed by atoms with Gasteiger partial charge in [-0.15, -0.1) is 0 Å². The van der Waals surface area contributed by atoms with Crippen molar-refractivity contribution in [3.8, 4) is 5.88 Å². The number of nitrogens with zero attached hydrogens (tertiary/aromatic N) is 2. The first-order chi connectivity index (χ1) is 14.0. The Hall–Kier alpha value is -2.88. The monoisotopic (exact) mass is 444 g/mol. The molecule has 0 radical (unpaired) electrons. The number of amides is 2. The highest BCUT2D eigenvalue weighted by Crippen LogP contribution is 2.33. The minimum Gasteiger partial charge on any atom is -0.474 e. The summed E-state index contributed by atoms with van der Waals surface area (Å²) in [6.07, 6.45) is -2.55. The van der Waals surface area contributed by atoms with Crippen molar-refractivity contribution in [2.45, 2.75) is 33.0 Å². The zero-order valence-corrected chi connectivity index (χ0v) is 17.1. The highest BCUT2D eigenvalue weighted by atomic mass is 35.5. The number of anilines is 1. The Labute approximate surface area is 176 Å². The van der Waals surface area contributed by atoms with Crippen LogP contribution in [0.3, 0.4) is 0 Å². The van der Waals surface area contributed by atoms with Crippen LogP contribution in [0.2, 0.25) is 5.02 Å². The Morgan fingerprint density at radius 1 is 1.20 bits per heavy atom. The van der Waals surface area contributed by atoms with E-state index in [1.54, 1.807) is 20.8 Å². The van der Waals surface area contributed by atoms with Crippen molar-refractivity contribution >= 4 is 29.2 Å². The summed E-state index contributed by atoms with van der Waals surface area (Å²) in [5.41, 5.74) is -0.721. The second-order valence-electron chi connectivity index (χ2n) is 6.77. The summed E-state index contributed by atoms with van der Waals surface area (Å²) in [6.45, 7) is 5.01. The first-order valence-electron chi connectivity index (χ1n) is 8.90. The Balaban J connectivity index is 1.94. The number of carbonyl (C=O) groups is 2. The number of ether oxygens (including phenoxy) is 1. The van der Waals surface area contributed by atoms with Gasteiger partial charge in [-0.1, -0.05) is 25.4 Å². The van der Waals surface area contributed by atoms with Gasteiger partial charge < -0.3 is 15.4 Å². The van der Waals surface area contributed by atoms with Crippen LogP contribution in [0.1, 0.15) is 36.7 Å². The number of hydrogen-bond acceptors (Lipinski definition) is 5. The molecule has 162 valence electrons. The van der Waals surface area contributed by atoms with Crippen LogP contribution in [-0.2, 0) is 11.0 Å². The van der Waals surface area contributed by atoms with Crippen LogP contribution in [0.5, 0.6) is 5.88 Å². The van der Waals surface area contributed by atoms with E-state index in [-0.39, 0.29) is 40.7 Å². The van der Waals surface area contributed by atoms with Gasteiger partial charge in [0.25, 0.3) is 5.91 Å². The molecule has 11 heteroatoms. The first kappa shape index (κ1) is 23.4. The van der Waals surface area contributed by atoms with Crippen molar-refractivity contribution in [1.82, 2.24) is 15.3 Å². The average Bonchev–Trinajstić information content (AvgIpc) is 2.66. The van der Waals surface area contributed by atoms with E-state index < -0.39 is 23.7 Å². The number of carbonyl (C=O) groups excluding carboxylic acids is 2. The maximum absolute atomic E-state index is 12.6. The summed E-state index contributed by atoms with van der Waals surface area (Å²) in [5, 5.41) is 4.98. The van der Waals surface area contributed by atoms with Gasteiger partial charge in [0.05, 0.1) is 11.6 Å². The van der Waals surface area contributed by atoms with Gasteiger partial charge in [0.15, 0.2) is 0 Å². The van der Waals surface area contributed by atoms with E-state index >= 15 is 0 Å². The lowest BCUT2D eigenvalue weighted by Crippen LogP contribution is -2.37. The molecule has 2 aromatic rings. The molecule has 1 atom stereocenters. The third-order valence-corrected chi connectivity index (χ3v) is 4.05. The summed E-state index contributed by atoms with van der Waals surface area (Å²) in [6, 6.07) is 3.11. The highest BCUT2D eigenvalue weighted by Gasteiger charge is 2.31. The van der Waals surface area contributed by atoms with Crippen molar-refractivity contribution in [3.63, 3.8) is 0 Å². The molecule has 0 bridgehead atoms. The quantitative estimate of drug-likeness (QED) is 0.674. The molecule has 0 saturated heterocycles. The molecule has 0 aliphatic rings. The lowest BCUT2D eigenvalue weighted by molar-refractivity contribution is -0.137. The Kier molecular flexibility index (Phi) is 7.60. The zero-order chi connectivity index (χ0) is 22.5. The molecule has 0 aliphatic heterocycles. The van der Waals surface area contributed by atoms with E-state index in [2.05, 4.69) is 20.6 Å². The van der Waals surface area contributed by atoms with Gasteiger partial charge in [-0.3, -0.25) is 9.59 Å². The molecule has 2 heterocycles. The first-order valence-corrected chi connectivity index (χ1v) is 9.28. The zero-order valence-electron chi connectivity index (χ0n) is 16.4. The van der Waals surface area contributed by atoms with Crippen molar-refractivity contribution < 1.29 is 27.5 Å². The predicted molar refractivity (Wildman–Crippen MR) is 104 cm³/mol. The third-order valence-electron chi connectivity index (χ3n) is 3.78. The number of halogens is 4. The van der Waals surface area contributed by atoms with E-state index in [9.17, 15) is 22.8 Å². The lowest BCUT2D eigenvalue weighted by atomic mass is 10.2. The fourth-order valence-corrected chi connectivity index (χ4v) is 2.37. The molecule has 0 aromatic carbocycles. The maximum Gasteiger partial charge on any atom is 0.417 e. The fourth-order valence-electron chi connectivity index (χ4n) is 2.15. The number of nitrogens with one attached hydrogen (secondary N) is 2. The van der Waals surface area contributed by atoms with E-state index in [1.165, 1.54) is 18.3 Å². The number of aromatic nitrogens is 2. The summed E-state index contributed by atoms with van der Waals surface area (Å²) in [5.74, 6) is -0.853. The largest absolute Gasteiger partial charge is 0.474 e. The van der Waals surface area contributed by atoms with Gasteiger partial charge in [0.1, 0.15) is 17.4 Å². The Morgan fingerprint density at radius 3 is 2.50 bits per heavy atom. The topological polar surface area (TPSA) is 93.2 Å². The number of alkyl halides is 3. The Bertz CT molecular complexity index is 922. The lowest BCUT2D eigenvalue weighted by Gasteiger charge is -2.16.